The van der Waals surface area contributed by atoms with Crippen molar-refractivity contribution in [3.8, 4) is 11.5 Å². The van der Waals surface area contributed by atoms with Crippen molar-refractivity contribution < 1.29 is 45.2 Å². The minimum absolute atomic E-state index is 0.00164. The van der Waals surface area contributed by atoms with E-state index in [9.17, 15) is 35.9 Å². The number of phenolic OH excluding ortho intramolecular Hbond substituents is 1. The zero-order valence-corrected chi connectivity index (χ0v) is 17.5. The fourth-order valence-electron chi connectivity index (χ4n) is 2.00. The molecule has 0 spiro atoms. The van der Waals surface area contributed by atoms with Gasteiger partial charge in [-0.1, -0.05) is 0 Å². The molecule has 0 aliphatic rings. The molecule has 0 aliphatic carbocycles. The average Bonchev–Trinajstić information content (AvgIpc) is 2.62. The molecule has 2 rings (SSSR count). The number of carbonyl (C=O) groups is 1. The molecule has 0 radical (unpaired) electrons. The number of esters is 1. The molecule has 29 heavy (non-hydrogen) atoms. The van der Waals surface area contributed by atoms with Gasteiger partial charge in [-0.15, -0.1) is 0 Å². The first-order chi connectivity index (χ1) is 13.3. The van der Waals surface area contributed by atoms with Crippen molar-refractivity contribution in [2.45, 2.75) is 24.0 Å². The van der Waals surface area contributed by atoms with Crippen LogP contribution in [0.4, 0.5) is 17.6 Å². The summed E-state index contributed by atoms with van der Waals surface area (Å²) in [6.07, 6.45) is -3.02. The Balaban J connectivity index is 1.93. The second-order valence-corrected chi connectivity index (χ2v) is 10.5. The van der Waals surface area contributed by atoms with Gasteiger partial charge in [-0.2, -0.15) is 0 Å². The molecule has 0 saturated carbocycles. The van der Waals surface area contributed by atoms with E-state index >= 15 is 0 Å². The number of ether oxygens (including phenoxy) is 1. The monoisotopic (exact) mass is 552 g/mol. The third-order valence-corrected chi connectivity index (χ3v) is 7.37. The number of hydrogen-bond donors (Lipinski definition) is 2. The molecule has 0 bridgehead atoms. The summed E-state index contributed by atoms with van der Waals surface area (Å²) in [6.45, 7) is 0. The van der Waals surface area contributed by atoms with Crippen molar-refractivity contribution in [3.63, 3.8) is 0 Å². The van der Waals surface area contributed by atoms with E-state index in [0.717, 1.165) is 7.22 Å². The molecule has 12 heteroatoms. The summed E-state index contributed by atoms with van der Waals surface area (Å²) in [6, 6.07) is 12.8. The molecule has 0 unspecified atom stereocenters. The van der Waals surface area contributed by atoms with E-state index in [2.05, 4.69) is 0 Å². The second-order valence-electron chi connectivity index (χ2n) is 5.74. The van der Waals surface area contributed by atoms with Gasteiger partial charge >= 0.3 is 173 Å². The van der Waals surface area contributed by atoms with Crippen LogP contribution in [0.25, 0.3) is 0 Å². The summed E-state index contributed by atoms with van der Waals surface area (Å²) in [5.41, 5.74) is 0. The van der Waals surface area contributed by atoms with E-state index < -0.39 is 61.0 Å². The molecule has 2 aromatic carbocycles. The molecule has 2 aromatic rings. The van der Waals surface area contributed by atoms with Crippen molar-refractivity contribution in [1.29, 1.82) is 0 Å². The molecule has 0 aromatic heterocycles. The van der Waals surface area contributed by atoms with Gasteiger partial charge in [0.05, 0.1) is 0 Å². The Bertz CT molecular complexity index is 962. The number of rotatable bonds is 8. The first-order valence-electron chi connectivity index (χ1n) is 7.82. The predicted octanol–water partition coefficient (Wildman–Crippen LogP) is 1.85. The SMILES string of the molecule is O=C(CCC(F)(F)C(F)(F)S(=O)(=O)O)Oc1ccc([Te]c2ccc(O)cc2)cc1. The van der Waals surface area contributed by atoms with Gasteiger partial charge < -0.3 is 0 Å². The van der Waals surface area contributed by atoms with E-state index in [1.54, 1.807) is 36.4 Å². The van der Waals surface area contributed by atoms with E-state index in [1.165, 1.54) is 12.1 Å². The zero-order valence-electron chi connectivity index (χ0n) is 14.4. The Morgan fingerprint density at radius 2 is 1.45 bits per heavy atom. The van der Waals surface area contributed by atoms with Crippen LogP contribution in [0.1, 0.15) is 12.8 Å². The van der Waals surface area contributed by atoms with Crippen molar-refractivity contribution in [1.82, 2.24) is 0 Å². The van der Waals surface area contributed by atoms with Crippen molar-refractivity contribution in [2.24, 2.45) is 0 Å². The molecule has 0 saturated heterocycles. The number of benzene rings is 2. The average molecular weight is 550 g/mol. The summed E-state index contributed by atoms with van der Waals surface area (Å²) in [5.74, 6) is -6.28. The molecular weight excluding hydrogens is 536 g/mol. The van der Waals surface area contributed by atoms with E-state index in [4.69, 9.17) is 9.29 Å². The third kappa shape index (κ3) is 6.05. The molecule has 0 amide bonds. The number of halogens is 4. The molecule has 0 fully saturated rings. The molecule has 158 valence electrons. The quantitative estimate of drug-likeness (QED) is 0.171. The van der Waals surface area contributed by atoms with Crippen molar-refractivity contribution >= 4 is 44.2 Å². The summed E-state index contributed by atoms with van der Waals surface area (Å²) < 4.78 is 88.7. The number of aromatic hydroxyl groups is 1. The summed E-state index contributed by atoms with van der Waals surface area (Å²) in [5, 5.41) is 3.53. The summed E-state index contributed by atoms with van der Waals surface area (Å²) in [7, 11) is -6.35. The minimum atomic E-state index is -6.35. The predicted molar refractivity (Wildman–Crippen MR) is 95.9 cm³/mol. The number of carbonyl (C=O) groups excluding carboxylic acids is 1. The van der Waals surface area contributed by atoms with Crippen LogP contribution in [0, 0.1) is 0 Å². The van der Waals surface area contributed by atoms with E-state index in [-0.39, 0.29) is 11.5 Å². The molecule has 2 N–H and O–H groups in total. The van der Waals surface area contributed by atoms with E-state index in [0.29, 0.717) is 0 Å². The topological polar surface area (TPSA) is 101 Å². The van der Waals surface area contributed by atoms with Crippen LogP contribution in [-0.4, -0.2) is 56.1 Å². The van der Waals surface area contributed by atoms with Gasteiger partial charge in [-0.3, -0.25) is 0 Å². The van der Waals surface area contributed by atoms with Crippen LogP contribution in [0.2, 0.25) is 0 Å². The molecule has 0 heterocycles. The summed E-state index contributed by atoms with van der Waals surface area (Å²) in [4.78, 5) is 11.6. The van der Waals surface area contributed by atoms with Crippen LogP contribution < -0.4 is 12.0 Å². The van der Waals surface area contributed by atoms with Crippen molar-refractivity contribution in [2.75, 3.05) is 0 Å². The van der Waals surface area contributed by atoms with Crippen molar-refractivity contribution in [3.05, 3.63) is 48.5 Å². The fourth-order valence-corrected chi connectivity index (χ4v) is 4.81. The Morgan fingerprint density at radius 3 is 1.93 bits per heavy atom. The Morgan fingerprint density at radius 1 is 0.966 bits per heavy atom. The van der Waals surface area contributed by atoms with Crippen LogP contribution >= 0.6 is 0 Å². The maximum atomic E-state index is 13.4. The Hall–Kier alpha value is -1.87. The third-order valence-electron chi connectivity index (χ3n) is 3.52. The van der Waals surface area contributed by atoms with Gasteiger partial charge in [0.1, 0.15) is 0 Å². The first kappa shape index (κ1) is 23.4. The summed E-state index contributed by atoms with van der Waals surface area (Å²) >= 11 is -0.778. The van der Waals surface area contributed by atoms with E-state index in [1.807, 2.05) is 0 Å². The maximum absolute atomic E-state index is 13.4. The van der Waals surface area contributed by atoms with Gasteiger partial charge in [0.2, 0.25) is 0 Å². The van der Waals surface area contributed by atoms with Gasteiger partial charge in [-0.05, 0) is 0 Å². The van der Waals surface area contributed by atoms with Gasteiger partial charge in [0.15, 0.2) is 0 Å². The van der Waals surface area contributed by atoms with Gasteiger partial charge in [-0.25, -0.2) is 0 Å². The van der Waals surface area contributed by atoms with Crippen LogP contribution in [0.5, 0.6) is 11.5 Å². The number of phenols is 1. The number of hydrogen-bond acceptors (Lipinski definition) is 5. The molecule has 6 nitrogen and oxygen atoms in total. The normalized spacial score (nSPS) is 12.6. The van der Waals surface area contributed by atoms with Gasteiger partial charge in [0.25, 0.3) is 0 Å². The van der Waals surface area contributed by atoms with Gasteiger partial charge in [0, 0.05) is 0 Å². The first-order valence-corrected chi connectivity index (χ1v) is 11.6. The molecule has 0 atom stereocenters. The van der Waals surface area contributed by atoms with Crippen LogP contribution in [0.15, 0.2) is 48.5 Å². The molecule has 0 aliphatic heterocycles. The van der Waals surface area contributed by atoms with Crippen LogP contribution in [0.3, 0.4) is 0 Å². The Kier molecular flexibility index (Phi) is 7.16. The number of alkyl halides is 4. The standard InChI is InChI=1S/C17H14F4O6STe/c18-16(19,17(20,21)28(24,25)26)10-9-15(23)27-12-3-7-14(8-4-12)29-13-5-1-11(22)2-6-13/h1-8,22H,9-10H2,(H,24,25,26). The zero-order chi connectivity index (χ0) is 21.9. The second kappa shape index (κ2) is 8.87. The van der Waals surface area contributed by atoms with Crippen LogP contribution in [-0.2, 0) is 14.9 Å². The molecular formula is C17H14F4O6STe. The Labute approximate surface area is 173 Å². The fraction of sp³-hybridized carbons (Fsp3) is 0.235.